The fraction of sp³-hybridized carbons (Fsp3) is 1.00. The molecule has 0 aromatic heterocycles. The molecule has 86 valence electrons. The maximum Gasteiger partial charge on any atom is 0.294 e. The SMILES string of the molecule is O=[N+]([O-])OCC(O[N+](=O)[O-])C1CCSS1. The van der Waals surface area contributed by atoms with Crippen LogP contribution in [0.4, 0.5) is 0 Å². The van der Waals surface area contributed by atoms with E-state index in [-0.39, 0.29) is 5.25 Å². The van der Waals surface area contributed by atoms with Crippen LogP contribution in [0.5, 0.6) is 0 Å². The summed E-state index contributed by atoms with van der Waals surface area (Å²) in [4.78, 5) is 28.5. The minimum atomic E-state index is -0.983. The molecule has 0 amide bonds. The van der Waals surface area contributed by atoms with Gasteiger partial charge in [0, 0.05) is 11.0 Å². The summed E-state index contributed by atoms with van der Waals surface area (Å²) >= 11 is 0. The van der Waals surface area contributed by atoms with Gasteiger partial charge in [-0.25, -0.2) is 0 Å². The third-order valence-corrected chi connectivity index (χ3v) is 4.63. The summed E-state index contributed by atoms with van der Waals surface area (Å²) in [5.74, 6) is 0.853. The van der Waals surface area contributed by atoms with Crippen molar-refractivity contribution in [1.82, 2.24) is 0 Å². The Labute approximate surface area is 92.3 Å². The third-order valence-electron chi connectivity index (χ3n) is 1.66. The Morgan fingerprint density at radius 1 is 1.40 bits per heavy atom. The van der Waals surface area contributed by atoms with Gasteiger partial charge in [-0.3, -0.25) is 0 Å². The van der Waals surface area contributed by atoms with Gasteiger partial charge in [-0.15, -0.1) is 20.2 Å². The lowest BCUT2D eigenvalue weighted by molar-refractivity contribution is -0.789. The number of nitrogens with zero attached hydrogens (tertiary/aromatic N) is 2. The Bertz CT molecular complexity index is 246. The Kier molecular flexibility index (Phi) is 4.75. The van der Waals surface area contributed by atoms with E-state index in [1.807, 2.05) is 0 Å². The van der Waals surface area contributed by atoms with Gasteiger partial charge < -0.3 is 9.68 Å². The Morgan fingerprint density at radius 2 is 2.13 bits per heavy atom. The number of rotatable bonds is 6. The predicted molar refractivity (Wildman–Crippen MR) is 53.3 cm³/mol. The summed E-state index contributed by atoms with van der Waals surface area (Å²) in [6.07, 6.45) is -0.167. The zero-order valence-corrected chi connectivity index (χ0v) is 9.07. The highest BCUT2D eigenvalue weighted by atomic mass is 33.1. The highest BCUT2D eigenvalue weighted by Crippen LogP contribution is 2.40. The average molecular weight is 256 g/mol. The topological polar surface area (TPSA) is 105 Å². The standard InChI is InChI=1S/C5H8N2O6S2/c8-6(9)12-3-4(13-7(10)11)5-1-2-14-15-5/h4-5H,1-3H2. The van der Waals surface area contributed by atoms with E-state index in [4.69, 9.17) is 0 Å². The molecule has 2 atom stereocenters. The van der Waals surface area contributed by atoms with Crippen LogP contribution >= 0.6 is 21.6 Å². The fourth-order valence-corrected chi connectivity index (χ4v) is 4.05. The molecule has 1 aliphatic rings. The third kappa shape index (κ3) is 4.42. The van der Waals surface area contributed by atoms with E-state index < -0.39 is 22.9 Å². The summed E-state index contributed by atoms with van der Waals surface area (Å²) in [7, 11) is 2.99. The second-order valence-electron chi connectivity index (χ2n) is 2.63. The van der Waals surface area contributed by atoms with Gasteiger partial charge in [0.25, 0.3) is 10.2 Å². The van der Waals surface area contributed by atoms with Gasteiger partial charge in [0.2, 0.25) is 0 Å². The highest BCUT2D eigenvalue weighted by Gasteiger charge is 2.30. The van der Waals surface area contributed by atoms with Crippen LogP contribution in [-0.4, -0.2) is 33.9 Å². The average Bonchev–Trinajstić information content (AvgIpc) is 2.63. The van der Waals surface area contributed by atoms with Crippen LogP contribution in [0.15, 0.2) is 0 Å². The molecule has 1 aliphatic heterocycles. The quantitative estimate of drug-likeness (QED) is 0.392. The lowest BCUT2D eigenvalue weighted by atomic mass is 10.2. The molecule has 10 heteroatoms. The Hall–Kier alpha value is -0.900. The van der Waals surface area contributed by atoms with E-state index in [1.54, 1.807) is 10.8 Å². The van der Waals surface area contributed by atoms with Gasteiger partial charge >= 0.3 is 0 Å². The molecule has 8 nitrogen and oxygen atoms in total. The molecule has 0 aliphatic carbocycles. The highest BCUT2D eigenvalue weighted by molar-refractivity contribution is 8.77. The van der Waals surface area contributed by atoms with E-state index in [0.29, 0.717) is 0 Å². The van der Waals surface area contributed by atoms with Gasteiger partial charge in [0.1, 0.15) is 12.7 Å². The second kappa shape index (κ2) is 5.85. The zero-order chi connectivity index (χ0) is 11.3. The molecule has 0 bridgehead atoms. The molecular formula is C5H8N2O6S2. The van der Waals surface area contributed by atoms with Gasteiger partial charge in [-0.05, 0) is 6.42 Å². The van der Waals surface area contributed by atoms with Crippen molar-refractivity contribution in [1.29, 1.82) is 0 Å². The fourth-order valence-electron chi connectivity index (χ4n) is 1.05. The smallest absolute Gasteiger partial charge is 0.294 e. The first-order valence-electron chi connectivity index (χ1n) is 3.96. The van der Waals surface area contributed by atoms with Crippen LogP contribution in [0.2, 0.25) is 0 Å². The Balaban J connectivity index is 2.43. The minimum absolute atomic E-state index is 0.139. The maximum absolute atomic E-state index is 10.2. The lowest BCUT2D eigenvalue weighted by Gasteiger charge is -2.18. The molecule has 1 rings (SSSR count). The van der Waals surface area contributed by atoms with Crippen molar-refractivity contribution in [3.63, 3.8) is 0 Å². The molecule has 1 saturated heterocycles. The molecule has 0 aromatic rings. The normalized spacial score (nSPS) is 22.0. The minimum Gasteiger partial charge on any atom is -0.312 e. The van der Waals surface area contributed by atoms with Gasteiger partial charge in [0.15, 0.2) is 0 Å². The van der Waals surface area contributed by atoms with Crippen LogP contribution in [-0.2, 0) is 9.68 Å². The van der Waals surface area contributed by atoms with Crippen LogP contribution in [0.3, 0.4) is 0 Å². The first kappa shape index (κ1) is 12.2. The van der Waals surface area contributed by atoms with E-state index in [0.717, 1.165) is 12.2 Å². The molecule has 0 radical (unpaired) electrons. The summed E-state index contributed by atoms with van der Waals surface area (Å²) < 4.78 is 0. The van der Waals surface area contributed by atoms with Crippen molar-refractivity contribution in [3.05, 3.63) is 20.2 Å². The molecular weight excluding hydrogens is 248 g/mol. The van der Waals surface area contributed by atoms with Crippen molar-refractivity contribution >= 4 is 21.6 Å². The maximum atomic E-state index is 10.2. The predicted octanol–water partition coefficient (Wildman–Crippen LogP) is 0.925. The van der Waals surface area contributed by atoms with Crippen LogP contribution in [0.1, 0.15) is 6.42 Å². The van der Waals surface area contributed by atoms with Crippen molar-refractivity contribution in [2.24, 2.45) is 0 Å². The molecule has 0 N–H and O–H groups in total. The molecule has 0 saturated carbocycles. The molecule has 1 heterocycles. The molecule has 15 heavy (non-hydrogen) atoms. The largest absolute Gasteiger partial charge is 0.312 e. The van der Waals surface area contributed by atoms with Crippen molar-refractivity contribution in [3.8, 4) is 0 Å². The zero-order valence-electron chi connectivity index (χ0n) is 7.44. The van der Waals surface area contributed by atoms with Gasteiger partial charge in [-0.2, -0.15) is 0 Å². The van der Waals surface area contributed by atoms with Crippen molar-refractivity contribution < 1.29 is 19.8 Å². The summed E-state index contributed by atoms with van der Waals surface area (Å²) in [6, 6.07) is 0. The molecule has 0 aromatic carbocycles. The van der Waals surface area contributed by atoms with Crippen LogP contribution in [0.25, 0.3) is 0 Å². The molecule has 1 fully saturated rings. The first-order valence-corrected chi connectivity index (χ1v) is 6.34. The second-order valence-corrected chi connectivity index (χ2v) is 5.36. The van der Waals surface area contributed by atoms with E-state index in [1.165, 1.54) is 10.8 Å². The lowest BCUT2D eigenvalue weighted by Crippen LogP contribution is -2.33. The van der Waals surface area contributed by atoms with E-state index in [9.17, 15) is 20.2 Å². The summed E-state index contributed by atoms with van der Waals surface area (Å²) in [5.41, 5.74) is 0. The molecule has 0 spiro atoms. The first-order chi connectivity index (χ1) is 7.09. The monoisotopic (exact) mass is 256 g/mol. The summed E-state index contributed by atoms with van der Waals surface area (Å²) in [5, 5.41) is 18.0. The van der Waals surface area contributed by atoms with E-state index >= 15 is 0 Å². The van der Waals surface area contributed by atoms with Crippen molar-refractivity contribution in [2.45, 2.75) is 17.8 Å². The van der Waals surface area contributed by atoms with Gasteiger partial charge in [0.05, 0.1) is 0 Å². The van der Waals surface area contributed by atoms with E-state index in [2.05, 4.69) is 9.68 Å². The van der Waals surface area contributed by atoms with Crippen LogP contribution < -0.4 is 0 Å². The van der Waals surface area contributed by atoms with Crippen molar-refractivity contribution in [2.75, 3.05) is 12.4 Å². The molecule has 2 unspecified atom stereocenters. The van der Waals surface area contributed by atoms with Gasteiger partial charge in [-0.1, -0.05) is 21.6 Å². The van der Waals surface area contributed by atoms with Crippen LogP contribution in [0, 0.1) is 20.2 Å². The summed E-state index contributed by atoms with van der Waals surface area (Å²) in [6.45, 7) is -0.411. The Morgan fingerprint density at radius 3 is 2.60 bits per heavy atom. The number of hydrogen-bond acceptors (Lipinski definition) is 8. The number of hydrogen-bond donors (Lipinski definition) is 0.